The number of aryl methyl sites for hydroxylation is 2. The molecule has 0 bridgehead atoms. The first kappa shape index (κ1) is 16.0. The van der Waals surface area contributed by atoms with E-state index in [9.17, 15) is 0 Å². The summed E-state index contributed by atoms with van der Waals surface area (Å²) in [5.41, 5.74) is 3.11. The molecule has 2 aromatic rings. The molecule has 1 aliphatic heterocycles. The van der Waals surface area contributed by atoms with Gasteiger partial charge in [-0.2, -0.15) is 10.1 Å². The highest BCUT2D eigenvalue weighted by atomic mass is 35.5. The van der Waals surface area contributed by atoms with E-state index in [1.54, 1.807) is 6.20 Å². The van der Waals surface area contributed by atoms with E-state index in [-0.39, 0.29) is 0 Å². The highest BCUT2D eigenvalue weighted by molar-refractivity contribution is 6.33. The second-order valence-electron chi connectivity index (χ2n) is 6.11. The van der Waals surface area contributed by atoms with Gasteiger partial charge in [-0.05, 0) is 43.9 Å². The van der Waals surface area contributed by atoms with Crippen molar-refractivity contribution in [3.8, 4) is 0 Å². The fraction of sp³-hybridized carbons (Fsp3) is 0.471. The van der Waals surface area contributed by atoms with Crippen LogP contribution in [0.4, 0.5) is 17.5 Å². The van der Waals surface area contributed by atoms with Crippen LogP contribution in [-0.4, -0.2) is 28.3 Å². The summed E-state index contributed by atoms with van der Waals surface area (Å²) in [5.74, 6) is 1.37. The molecule has 0 unspecified atom stereocenters. The Kier molecular flexibility index (Phi) is 4.96. The van der Waals surface area contributed by atoms with Crippen LogP contribution in [0.25, 0.3) is 0 Å². The quantitative estimate of drug-likeness (QED) is 0.910. The highest BCUT2D eigenvalue weighted by Crippen LogP contribution is 2.29. The van der Waals surface area contributed by atoms with Crippen molar-refractivity contribution in [3.63, 3.8) is 0 Å². The van der Waals surface area contributed by atoms with Crippen molar-refractivity contribution in [1.29, 1.82) is 0 Å². The first-order valence-corrected chi connectivity index (χ1v) is 8.50. The normalized spacial score (nSPS) is 15.3. The number of anilines is 3. The predicted molar refractivity (Wildman–Crippen MR) is 94.7 cm³/mol. The first-order chi connectivity index (χ1) is 11.1. The van der Waals surface area contributed by atoms with Crippen LogP contribution in [-0.2, 0) is 0 Å². The second-order valence-corrected chi connectivity index (χ2v) is 6.51. The van der Waals surface area contributed by atoms with Crippen molar-refractivity contribution in [2.75, 3.05) is 23.3 Å². The van der Waals surface area contributed by atoms with Gasteiger partial charge in [0.15, 0.2) is 5.82 Å². The molecule has 1 fully saturated rings. The predicted octanol–water partition coefficient (Wildman–Crippen LogP) is 4.27. The lowest BCUT2D eigenvalue weighted by Crippen LogP contribution is -2.26. The fourth-order valence-corrected chi connectivity index (χ4v) is 3.33. The maximum atomic E-state index is 6.36. The Morgan fingerprint density at radius 1 is 1.09 bits per heavy atom. The molecule has 2 heterocycles. The lowest BCUT2D eigenvalue weighted by molar-refractivity contribution is 0.726. The molecule has 1 aromatic heterocycles. The molecule has 1 saturated heterocycles. The van der Waals surface area contributed by atoms with Gasteiger partial charge in [-0.15, -0.1) is 5.10 Å². The van der Waals surface area contributed by atoms with Gasteiger partial charge in [0.1, 0.15) is 0 Å². The summed E-state index contributed by atoms with van der Waals surface area (Å²) in [6.45, 7) is 6.06. The van der Waals surface area contributed by atoms with Gasteiger partial charge in [0.25, 0.3) is 0 Å². The number of hydrogen-bond acceptors (Lipinski definition) is 5. The van der Waals surface area contributed by atoms with Crippen molar-refractivity contribution in [2.45, 2.75) is 39.5 Å². The van der Waals surface area contributed by atoms with Gasteiger partial charge < -0.3 is 10.2 Å². The van der Waals surface area contributed by atoms with Crippen LogP contribution in [0.1, 0.15) is 36.8 Å². The minimum Gasteiger partial charge on any atom is -0.339 e. The molecule has 0 aliphatic carbocycles. The van der Waals surface area contributed by atoms with Gasteiger partial charge in [0, 0.05) is 13.1 Å². The summed E-state index contributed by atoms with van der Waals surface area (Å²) >= 11 is 6.36. The molecular weight excluding hydrogens is 310 g/mol. The average molecular weight is 332 g/mol. The van der Waals surface area contributed by atoms with Gasteiger partial charge in [-0.3, -0.25) is 0 Å². The Labute approximate surface area is 142 Å². The van der Waals surface area contributed by atoms with Crippen molar-refractivity contribution in [2.24, 2.45) is 0 Å². The van der Waals surface area contributed by atoms with Gasteiger partial charge >= 0.3 is 0 Å². The van der Waals surface area contributed by atoms with Crippen molar-refractivity contribution in [1.82, 2.24) is 15.2 Å². The maximum absolute atomic E-state index is 6.36. The minimum absolute atomic E-state index is 0.674. The molecule has 0 atom stereocenters. The zero-order chi connectivity index (χ0) is 16.2. The zero-order valence-electron chi connectivity index (χ0n) is 13.6. The van der Waals surface area contributed by atoms with E-state index in [0.717, 1.165) is 29.9 Å². The van der Waals surface area contributed by atoms with E-state index in [0.29, 0.717) is 16.8 Å². The largest absolute Gasteiger partial charge is 0.339 e. The third-order valence-corrected chi connectivity index (χ3v) is 4.42. The molecule has 122 valence electrons. The second kappa shape index (κ2) is 7.13. The molecule has 0 saturated carbocycles. The molecule has 1 N–H and O–H groups in total. The Hall–Kier alpha value is -1.88. The van der Waals surface area contributed by atoms with E-state index in [2.05, 4.69) is 31.5 Å². The maximum Gasteiger partial charge on any atom is 0.247 e. The number of benzene rings is 1. The van der Waals surface area contributed by atoms with E-state index in [4.69, 9.17) is 11.6 Å². The van der Waals surface area contributed by atoms with E-state index >= 15 is 0 Å². The molecule has 1 aliphatic rings. The summed E-state index contributed by atoms with van der Waals surface area (Å²) in [6, 6.07) is 4.04. The third kappa shape index (κ3) is 3.91. The molecule has 0 radical (unpaired) electrons. The minimum atomic E-state index is 0.674. The molecule has 23 heavy (non-hydrogen) atoms. The molecule has 6 heteroatoms. The summed E-state index contributed by atoms with van der Waals surface area (Å²) < 4.78 is 0. The Morgan fingerprint density at radius 2 is 1.83 bits per heavy atom. The van der Waals surface area contributed by atoms with Crippen LogP contribution in [0.5, 0.6) is 0 Å². The van der Waals surface area contributed by atoms with Crippen molar-refractivity contribution < 1.29 is 0 Å². The zero-order valence-corrected chi connectivity index (χ0v) is 14.4. The summed E-state index contributed by atoms with van der Waals surface area (Å²) in [5, 5.41) is 12.3. The molecule has 0 amide bonds. The molecule has 3 rings (SSSR count). The number of nitrogens with zero attached hydrogens (tertiary/aromatic N) is 4. The summed E-state index contributed by atoms with van der Waals surface area (Å²) in [6.07, 6.45) is 6.56. The highest BCUT2D eigenvalue weighted by Gasteiger charge is 2.14. The van der Waals surface area contributed by atoms with Crippen molar-refractivity contribution >= 4 is 29.1 Å². The number of rotatable bonds is 3. The van der Waals surface area contributed by atoms with Gasteiger partial charge in [0.05, 0.1) is 16.9 Å². The van der Waals surface area contributed by atoms with Crippen LogP contribution in [0.3, 0.4) is 0 Å². The Balaban J connectivity index is 1.83. The Morgan fingerprint density at radius 3 is 2.52 bits per heavy atom. The topological polar surface area (TPSA) is 53.9 Å². The first-order valence-electron chi connectivity index (χ1n) is 8.12. The van der Waals surface area contributed by atoms with Gasteiger partial charge in [0.2, 0.25) is 5.95 Å². The fourth-order valence-electron chi connectivity index (χ4n) is 2.96. The van der Waals surface area contributed by atoms with E-state index in [1.807, 2.05) is 19.9 Å². The van der Waals surface area contributed by atoms with E-state index in [1.165, 1.54) is 25.7 Å². The smallest absolute Gasteiger partial charge is 0.247 e. The number of nitrogens with one attached hydrogen (secondary N) is 1. The van der Waals surface area contributed by atoms with Crippen LogP contribution < -0.4 is 10.2 Å². The van der Waals surface area contributed by atoms with Crippen LogP contribution in [0.2, 0.25) is 5.02 Å². The summed E-state index contributed by atoms with van der Waals surface area (Å²) in [7, 11) is 0. The van der Waals surface area contributed by atoms with Crippen LogP contribution in [0.15, 0.2) is 18.3 Å². The number of halogens is 1. The monoisotopic (exact) mass is 331 g/mol. The summed E-state index contributed by atoms with van der Waals surface area (Å²) in [4.78, 5) is 6.84. The Bertz CT molecular complexity index is 657. The van der Waals surface area contributed by atoms with E-state index < -0.39 is 0 Å². The number of hydrogen-bond donors (Lipinski definition) is 1. The molecular formula is C17H22ClN5. The van der Waals surface area contributed by atoms with Crippen LogP contribution >= 0.6 is 11.6 Å². The van der Waals surface area contributed by atoms with Gasteiger partial charge in [-0.1, -0.05) is 30.5 Å². The molecule has 0 spiro atoms. The SMILES string of the molecule is Cc1cc(C)c(Nc2cnnc(N3CCCCCC3)n2)c(Cl)c1. The molecule has 5 nitrogen and oxygen atoms in total. The van der Waals surface area contributed by atoms with Crippen LogP contribution in [0, 0.1) is 13.8 Å². The standard InChI is InChI=1S/C17H22ClN5/c1-12-9-13(2)16(14(18)10-12)20-15-11-19-22-17(21-15)23-7-5-3-4-6-8-23/h9-11H,3-8H2,1-2H3,(H,20,21,22). The third-order valence-electron chi connectivity index (χ3n) is 4.12. The lowest BCUT2D eigenvalue weighted by Gasteiger charge is -2.20. The molecule has 1 aromatic carbocycles. The lowest BCUT2D eigenvalue weighted by atomic mass is 10.1. The average Bonchev–Trinajstić information content (AvgIpc) is 2.80. The van der Waals surface area contributed by atoms with Crippen molar-refractivity contribution in [3.05, 3.63) is 34.5 Å². The van der Waals surface area contributed by atoms with Gasteiger partial charge in [-0.25, -0.2) is 0 Å². The number of aromatic nitrogens is 3.